The molecule has 6 nitrogen and oxygen atoms in total. The zero-order chi connectivity index (χ0) is 15.7. The summed E-state index contributed by atoms with van der Waals surface area (Å²) < 4.78 is 3.24. The molecule has 0 bridgehead atoms. The van der Waals surface area contributed by atoms with Crippen LogP contribution in [0, 0.1) is 6.92 Å². The quantitative estimate of drug-likeness (QED) is 0.799. The van der Waals surface area contributed by atoms with Crippen LogP contribution in [0.4, 0.5) is 0 Å². The largest absolute Gasteiger partial charge is 0.335 e. The molecule has 1 atom stereocenters. The van der Waals surface area contributed by atoms with Crippen molar-refractivity contribution in [1.82, 2.24) is 19.1 Å². The fourth-order valence-corrected chi connectivity index (χ4v) is 2.56. The highest BCUT2D eigenvalue weighted by atomic mass is 16.2. The lowest BCUT2D eigenvalue weighted by molar-refractivity contribution is 0.452. The Morgan fingerprint density at radius 3 is 2.86 bits per heavy atom. The summed E-state index contributed by atoms with van der Waals surface area (Å²) in [6.45, 7) is 4.33. The van der Waals surface area contributed by atoms with Gasteiger partial charge in [-0.05, 0) is 32.4 Å². The first-order chi connectivity index (χ1) is 10.6. The number of H-pyrrole nitrogens is 1. The van der Waals surface area contributed by atoms with Crippen LogP contribution in [-0.4, -0.2) is 19.1 Å². The van der Waals surface area contributed by atoms with Crippen LogP contribution in [0.15, 0.2) is 46.5 Å². The minimum atomic E-state index is -0.362. The lowest BCUT2D eigenvalue weighted by atomic mass is 10.1. The summed E-state index contributed by atoms with van der Waals surface area (Å²) in [6.07, 6.45) is 6.01. The number of nitrogens with one attached hydrogen (secondary N) is 1. The SMILES string of the molecule is Cc1ccc2[nH]c(=O)n(CCC(C)n3ccnc3)c(=O)c2c1. The van der Waals surface area contributed by atoms with Crippen LogP contribution < -0.4 is 11.2 Å². The fourth-order valence-electron chi connectivity index (χ4n) is 2.56. The molecule has 1 unspecified atom stereocenters. The smallest absolute Gasteiger partial charge is 0.328 e. The fraction of sp³-hybridized carbons (Fsp3) is 0.312. The van der Waals surface area contributed by atoms with Crippen molar-refractivity contribution in [2.45, 2.75) is 32.9 Å². The molecular weight excluding hydrogens is 280 g/mol. The Kier molecular flexibility index (Phi) is 3.66. The van der Waals surface area contributed by atoms with Crippen molar-refractivity contribution >= 4 is 10.9 Å². The maximum Gasteiger partial charge on any atom is 0.328 e. The van der Waals surface area contributed by atoms with Gasteiger partial charge in [0.15, 0.2) is 0 Å². The third-order valence-electron chi connectivity index (χ3n) is 3.94. The molecule has 3 aromatic rings. The van der Waals surface area contributed by atoms with Gasteiger partial charge in [0.1, 0.15) is 0 Å². The Morgan fingerprint density at radius 2 is 2.14 bits per heavy atom. The first kappa shape index (κ1) is 14.3. The molecule has 114 valence electrons. The van der Waals surface area contributed by atoms with Gasteiger partial charge in [-0.3, -0.25) is 9.36 Å². The predicted molar refractivity (Wildman–Crippen MR) is 85.1 cm³/mol. The molecule has 0 saturated carbocycles. The van der Waals surface area contributed by atoms with E-state index in [1.165, 1.54) is 4.57 Å². The third kappa shape index (κ3) is 2.59. The normalized spacial score (nSPS) is 12.6. The molecule has 0 fully saturated rings. The van der Waals surface area contributed by atoms with Crippen LogP contribution >= 0.6 is 0 Å². The van der Waals surface area contributed by atoms with Gasteiger partial charge in [-0.15, -0.1) is 0 Å². The van der Waals surface area contributed by atoms with Crippen molar-refractivity contribution in [3.63, 3.8) is 0 Å². The van der Waals surface area contributed by atoms with Gasteiger partial charge in [0, 0.05) is 25.0 Å². The summed E-state index contributed by atoms with van der Waals surface area (Å²) in [7, 11) is 0. The van der Waals surface area contributed by atoms with E-state index in [1.54, 1.807) is 18.6 Å². The molecule has 0 saturated heterocycles. The van der Waals surface area contributed by atoms with Gasteiger partial charge in [0.05, 0.1) is 17.2 Å². The summed E-state index contributed by atoms with van der Waals surface area (Å²) in [4.78, 5) is 31.4. The molecule has 0 amide bonds. The zero-order valence-electron chi connectivity index (χ0n) is 12.6. The van der Waals surface area contributed by atoms with Crippen LogP contribution in [0.3, 0.4) is 0 Å². The van der Waals surface area contributed by atoms with E-state index in [4.69, 9.17) is 0 Å². The Bertz CT molecular complexity index is 906. The van der Waals surface area contributed by atoms with Crippen molar-refractivity contribution in [2.24, 2.45) is 0 Å². The molecular formula is C16H18N4O2. The first-order valence-electron chi connectivity index (χ1n) is 7.27. The van der Waals surface area contributed by atoms with Crippen molar-refractivity contribution < 1.29 is 0 Å². The number of nitrogens with zero attached hydrogens (tertiary/aromatic N) is 3. The van der Waals surface area contributed by atoms with Crippen molar-refractivity contribution in [1.29, 1.82) is 0 Å². The summed E-state index contributed by atoms with van der Waals surface area (Å²) in [6, 6.07) is 5.63. The molecule has 1 aromatic carbocycles. The van der Waals surface area contributed by atoms with Gasteiger partial charge in [-0.1, -0.05) is 11.6 Å². The summed E-state index contributed by atoms with van der Waals surface area (Å²) in [5.41, 5.74) is 0.981. The molecule has 2 heterocycles. The molecule has 2 aromatic heterocycles. The average Bonchev–Trinajstić information content (AvgIpc) is 3.02. The number of hydrogen-bond donors (Lipinski definition) is 1. The van der Waals surface area contributed by atoms with Crippen molar-refractivity contribution in [2.75, 3.05) is 0 Å². The molecule has 1 N–H and O–H groups in total. The molecule has 0 aliphatic carbocycles. The topological polar surface area (TPSA) is 72.7 Å². The minimum absolute atomic E-state index is 0.169. The summed E-state index contributed by atoms with van der Waals surface area (Å²) in [5, 5.41) is 0.551. The Labute approximate surface area is 127 Å². The maximum absolute atomic E-state index is 12.5. The van der Waals surface area contributed by atoms with Crippen LogP contribution in [-0.2, 0) is 6.54 Å². The second kappa shape index (κ2) is 5.63. The average molecular weight is 298 g/mol. The number of benzene rings is 1. The number of aromatic nitrogens is 4. The monoisotopic (exact) mass is 298 g/mol. The van der Waals surface area contributed by atoms with Crippen LogP contribution in [0.5, 0.6) is 0 Å². The standard InChI is InChI=1S/C16H18N4O2/c1-11-3-4-14-13(9-11)15(21)20(16(22)18-14)7-5-12(2)19-8-6-17-10-19/h3-4,6,8-10,12H,5,7H2,1-2H3,(H,18,22). The van der Waals surface area contributed by atoms with Crippen molar-refractivity contribution in [3.8, 4) is 0 Å². The number of imidazole rings is 1. The lowest BCUT2D eigenvalue weighted by Crippen LogP contribution is -2.35. The lowest BCUT2D eigenvalue weighted by Gasteiger charge is -2.13. The maximum atomic E-state index is 12.5. The van der Waals surface area contributed by atoms with Crippen LogP contribution in [0.2, 0.25) is 0 Å². The number of rotatable bonds is 4. The van der Waals surface area contributed by atoms with Gasteiger partial charge in [-0.25, -0.2) is 9.78 Å². The molecule has 3 rings (SSSR count). The van der Waals surface area contributed by atoms with E-state index >= 15 is 0 Å². The van der Waals surface area contributed by atoms with E-state index in [1.807, 2.05) is 36.7 Å². The summed E-state index contributed by atoms with van der Waals surface area (Å²) >= 11 is 0. The van der Waals surface area contributed by atoms with Gasteiger partial charge in [0.2, 0.25) is 0 Å². The molecule has 0 radical (unpaired) electrons. The number of fused-ring (bicyclic) bond motifs is 1. The Balaban J connectivity index is 1.94. The van der Waals surface area contributed by atoms with Crippen LogP contribution in [0.1, 0.15) is 24.9 Å². The van der Waals surface area contributed by atoms with Crippen LogP contribution in [0.25, 0.3) is 10.9 Å². The van der Waals surface area contributed by atoms with Gasteiger partial charge in [-0.2, -0.15) is 0 Å². The molecule has 0 spiro atoms. The van der Waals surface area contributed by atoms with E-state index in [2.05, 4.69) is 9.97 Å². The molecule has 0 aliphatic heterocycles. The summed E-state index contributed by atoms with van der Waals surface area (Å²) in [5.74, 6) is 0. The van der Waals surface area contributed by atoms with Gasteiger partial charge < -0.3 is 9.55 Å². The molecule has 0 aliphatic rings. The number of hydrogen-bond acceptors (Lipinski definition) is 3. The van der Waals surface area contributed by atoms with E-state index in [9.17, 15) is 9.59 Å². The Hall–Kier alpha value is -2.63. The highest BCUT2D eigenvalue weighted by Gasteiger charge is 2.10. The zero-order valence-corrected chi connectivity index (χ0v) is 12.6. The van der Waals surface area contributed by atoms with Gasteiger partial charge >= 0.3 is 5.69 Å². The molecule has 22 heavy (non-hydrogen) atoms. The van der Waals surface area contributed by atoms with E-state index in [0.717, 1.165) is 5.56 Å². The predicted octanol–water partition coefficient (Wildman–Crippen LogP) is 1.85. The van der Waals surface area contributed by atoms with E-state index < -0.39 is 0 Å². The number of aryl methyl sites for hydroxylation is 1. The van der Waals surface area contributed by atoms with E-state index in [-0.39, 0.29) is 17.3 Å². The van der Waals surface area contributed by atoms with E-state index in [0.29, 0.717) is 23.9 Å². The van der Waals surface area contributed by atoms with Crippen molar-refractivity contribution in [3.05, 3.63) is 63.3 Å². The highest BCUT2D eigenvalue weighted by Crippen LogP contribution is 2.11. The second-order valence-electron chi connectivity index (χ2n) is 5.58. The van der Waals surface area contributed by atoms with Gasteiger partial charge in [0.25, 0.3) is 5.56 Å². The first-order valence-corrected chi connectivity index (χ1v) is 7.27. The third-order valence-corrected chi connectivity index (χ3v) is 3.94. The second-order valence-corrected chi connectivity index (χ2v) is 5.58. The molecule has 6 heteroatoms. The number of aromatic amines is 1. The highest BCUT2D eigenvalue weighted by molar-refractivity contribution is 5.77. The minimum Gasteiger partial charge on any atom is -0.335 e. The Morgan fingerprint density at radius 1 is 1.32 bits per heavy atom.